The molecule has 5 heteroatoms. The van der Waals surface area contributed by atoms with Crippen LogP contribution >= 0.6 is 15.9 Å². The molecule has 1 aliphatic heterocycles. The van der Waals surface area contributed by atoms with Gasteiger partial charge in [0.1, 0.15) is 0 Å². The molecule has 0 aromatic heterocycles. The van der Waals surface area contributed by atoms with Gasteiger partial charge in [-0.1, -0.05) is 34.1 Å². The van der Waals surface area contributed by atoms with E-state index in [1.54, 1.807) is 5.06 Å². The lowest BCUT2D eigenvalue weighted by Gasteiger charge is -2.23. The molecule has 4 nitrogen and oxygen atoms in total. The number of carbonyl (C=O) groups excluding carboxylic acids is 1. The van der Waals surface area contributed by atoms with Crippen LogP contribution in [0.15, 0.2) is 30.3 Å². The smallest absolute Gasteiger partial charge is 0.331 e. The maximum Gasteiger partial charge on any atom is 0.331 e. The number of alkyl halides is 1. The summed E-state index contributed by atoms with van der Waals surface area (Å²) in [5.74, 6) is -0.232. The fraction of sp³-hybridized carbons (Fsp3) is 0.462. The van der Waals surface area contributed by atoms with Crippen LogP contribution in [0.5, 0.6) is 0 Å². The highest BCUT2D eigenvalue weighted by molar-refractivity contribution is 9.09. The SMILES string of the molecule is CCOC(=O)[C@@H]1C[C@H](CBr)ON1c1ccccc1. The molecule has 0 spiro atoms. The zero-order valence-electron chi connectivity index (χ0n) is 10.2. The highest BCUT2D eigenvalue weighted by Gasteiger charge is 2.39. The van der Waals surface area contributed by atoms with Gasteiger partial charge in [-0.3, -0.25) is 4.84 Å². The van der Waals surface area contributed by atoms with Crippen molar-refractivity contribution >= 4 is 27.6 Å². The predicted molar refractivity (Wildman–Crippen MR) is 72.6 cm³/mol. The van der Waals surface area contributed by atoms with Crippen LogP contribution in [-0.4, -0.2) is 30.1 Å². The number of para-hydroxylation sites is 1. The lowest BCUT2D eigenvalue weighted by atomic mass is 10.1. The molecule has 1 heterocycles. The largest absolute Gasteiger partial charge is 0.464 e. The Bertz CT molecular complexity index is 398. The molecule has 0 amide bonds. The number of hydroxylamine groups is 1. The Hall–Kier alpha value is -1.07. The van der Waals surface area contributed by atoms with E-state index in [1.165, 1.54) is 0 Å². The molecule has 2 atom stereocenters. The van der Waals surface area contributed by atoms with Crippen LogP contribution in [0.25, 0.3) is 0 Å². The number of benzene rings is 1. The quantitative estimate of drug-likeness (QED) is 0.632. The first-order valence-electron chi connectivity index (χ1n) is 6.00. The fourth-order valence-electron chi connectivity index (χ4n) is 1.96. The van der Waals surface area contributed by atoms with Gasteiger partial charge in [-0.25, -0.2) is 9.86 Å². The van der Waals surface area contributed by atoms with Gasteiger partial charge in [0.15, 0.2) is 6.04 Å². The molecule has 1 fully saturated rings. The van der Waals surface area contributed by atoms with Crippen molar-refractivity contribution in [3.8, 4) is 0 Å². The summed E-state index contributed by atoms with van der Waals surface area (Å²) in [6.45, 7) is 2.19. The zero-order valence-corrected chi connectivity index (χ0v) is 11.8. The lowest BCUT2D eigenvalue weighted by molar-refractivity contribution is -0.145. The van der Waals surface area contributed by atoms with Crippen LogP contribution in [0.1, 0.15) is 13.3 Å². The van der Waals surface area contributed by atoms with Gasteiger partial charge in [0.05, 0.1) is 18.4 Å². The van der Waals surface area contributed by atoms with Gasteiger partial charge in [0.2, 0.25) is 0 Å². The van der Waals surface area contributed by atoms with Crippen LogP contribution in [0.2, 0.25) is 0 Å². The van der Waals surface area contributed by atoms with Crippen molar-refractivity contribution in [1.29, 1.82) is 0 Å². The Labute approximate surface area is 115 Å². The Kier molecular flexibility index (Phi) is 4.60. The van der Waals surface area contributed by atoms with Crippen molar-refractivity contribution in [2.24, 2.45) is 0 Å². The minimum Gasteiger partial charge on any atom is -0.464 e. The summed E-state index contributed by atoms with van der Waals surface area (Å²) in [5, 5.41) is 2.36. The molecule has 0 N–H and O–H groups in total. The van der Waals surface area contributed by atoms with E-state index in [4.69, 9.17) is 9.57 Å². The third-order valence-corrected chi connectivity index (χ3v) is 3.50. The van der Waals surface area contributed by atoms with Crippen LogP contribution in [0.3, 0.4) is 0 Å². The Morgan fingerprint density at radius 2 is 2.22 bits per heavy atom. The standard InChI is InChI=1S/C13H16BrNO3/c1-2-17-13(16)12-8-11(9-14)18-15(12)10-6-4-3-5-7-10/h3-7,11-12H,2,8-9H2,1H3/t11-,12+/m1/s1. The first-order chi connectivity index (χ1) is 8.76. The Morgan fingerprint density at radius 3 is 2.83 bits per heavy atom. The number of esters is 1. The van der Waals surface area contributed by atoms with Gasteiger partial charge in [0, 0.05) is 11.8 Å². The molecule has 1 aliphatic rings. The first-order valence-corrected chi connectivity index (χ1v) is 7.12. The molecule has 0 unspecified atom stereocenters. The number of ether oxygens (including phenoxy) is 1. The molecule has 1 aromatic carbocycles. The Morgan fingerprint density at radius 1 is 1.50 bits per heavy atom. The average molecular weight is 314 g/mol. The second kappa shape index (κ2) is 6.20. The van der Waals surface area contributed by atoms with Gasteiger partial charge in [-0.15, -0.1) is 0 Å². The van der Waals surface area contributed by atoms with E-state index in [-0.39, 0.29) is 18.1 Å². The first kappa shape index (κ1) is 13.4. The van der Waals surface area contributed by atoms with Crippen molar-refractivity contribution in [2.45, 2.75) is 25.5 Å². The molecule has 1 saturated heterocycles. The minimum atomic E-state index is -0.366. The molecular weight excluding hydrogens is 298 g/mol. The Balaban J connectivity index is 2.18. The van der Waals surface area contributed by atoms with Crippen molar-refractivity contribution in [3.05, 3.63) is 30.3 Å². The molecule has 0 aliphatic carbocycles. The highest BCUT2D eigenvalue weighted by Crippen LogP contribution is 2.29. The third-order valence-electron chi connectivity index (χ3n) is 2.77. The summed E-state index contributed by atoms with van der Waals surface area (Å²) in [7, 11) is 0. The summed E-state index contributed by atoms with van der Waals surface area (Å²) >= 11 is 3.39. The summed E-state index contributed by atoms with van der Waals surface area (Å²) in [5.41, 5.74) is 0.874. The van der Waals surface area contributed by atoms with Gasteiger partial charge in [-0.2, -0.15) is 0 Å². The highest BCUT2D eigenvalue weighted by atomic mass is 79.9. The van der Waals surface area contributed by atoms with E-state index in [9.17, 15) is 4.79 Å². The molecule has 2 rings (SSSR count). The van der Waals surface area contributed by atoms with Crippen molar-refractivity contribution in [2.75, 3.05) is 17.0 Å². The lowest BCUT2D eigenvalue weighted by Crippen LogP contribution is -2.36. The molecule has 98 valence electrons. The maximum atomic E-state index is 11.9. The molecule has 0 radical (unpaired) electrons. The number of hydrogen-bond acceptors (Lipinski definition) is 4. The van der Waals surface area contributed by atoms with E-state index < -0.39 is 0 Å². The summed E-state index contributed by atoms with van der Waals surface area (Å²) in [6.07, 6.45) is 0.638. The van der Waals surface area contributed by atoms with Crippen LogP contribution in [0, 0.1) is 0 Å². The number of carbonyl (C=O) groups is 1. The summed E-state index contributed by atoms with van der Waals surface area (Å²) in [4.78, 5) is 17.7. The number of nitrogens with zero attached hydrogens (tertiary/aromatic N) is 1. The minimum absolute atomic E-state index is 0.000359. The van der Waals surface area contributed by atoms with Crippen molar-refractivity contribution in [1.82, 2.24) is 0 Å². The monoisotopic (exact) mass is 313 g/mol. The molecule has 0 saturated carbocycles. The van der Waals surface area contributed by atoms with E-state index >= 15 is 0 Å². The molecule has 0 bridgehead atoms. The van der Waals surface area contributed by atoms with Crippen molar-refractivity contribution < 1.29 is 14.4 Å². The van der Waals surface area contributed by atoms with E-state index in [0.717, 1.165) is 5.69 Å². The van der Waals surface area contributed by atoms with E-state index in [2.05, 4.69) is 15.9 Å². The molecule has 18 heavy (non-hydrogen) atoms. The fourth-order valence-corrected chi connectivity index (χ4v) is 2.34. The van der Waals surface area contributed by atoms with Crippen LogP contribution < -0.4 is 5.06 Å². The third kappa shape index (κ3) is 2.84. The normalized spacial score (nSPS) is 23.1. The summed E-state index contributed by atoms with van der Waals surface area (Å²) < 4.78 is 5.09. The van der Waals surface area contributed by atoms with Crippen LogP contribution in [-0.2, 0) is 14.4 Å². The average Bonchev–Trinajstić information content (AvgIpc) is 2.84. The number of anilines is 1. The summed E-state index contributed by atoms with van der Waals surface area (Å²) in [6, 6.07) is 9.24. The van der Waals surface area contributed by atoms with Gasteiger partial charge in [-0.05, 0) is 19.1 Å². The number of halogens is 1. The molecular formula is C13H16BrNO3. The molecule has 1 aromatic rings. The second-order valence-corrected chi connectivity index (χ2v) is 4.69. The van der Waals surface area contributed by atoms with Gasteiger partial charge < -0.3 is 4.74 Å². The topological polar surface area (TPSA) is 38.8 Å². The predicted octanol–water partition coefficient (Wildman–Crippen LogP) is 2.52. The number of hydrogen-bond donors (Lipinski definition) is 0. The van der Waals surface area contributed by atoms with E-state index in [0.29, 0.717) is 18.4 Å². The zero-order chi connectivity index (χ0) is 13.0. The number of rotatable bonds is 4. The van der Waals surface area contributed by atoms with Crippen LogP contribution in [0.4, 0.5) is 5.69 Å². The van der Waals surface area contributed by atoms with E-state index in [1.807, 2.05) is 37.3 Å². The maximum absolute atomic E-state index is 11.9. The van der Waals surface area contributed by atoms with Crippen molar-refractivity contribution in [3.63, 3.8) is 0 Å². The second-order valence-electron chi connectivity index (χ2n) is 4.05. The van der Waals surface area contributed by atoms with Gasteiger partial charge in [0.25, 0.3) is 0 Å². The van der Waals surface area contributed by atoms with Gasteiger partial charge >= 0.3 is 5.97 Å².